The van der Waals surface area contributed by atoms with Crippen molar-refractivity contribution >= 4 is 12.1 Å². The maximum atomic E-state index is 11.8. The average molecular weight is 431 g/mol. The fraction of sp³-hybridized carbons (Fsp3) is 0.652. The summed E-state index contributed by atoms with van der Waals surface area (Å²) in [5, 5.41) is 3.33. The molecule has 0 saturated carbocycles. The molecular weight excluding hydrogens is 392 g/mol. The van der Waals surface area contributed by atoms with Crippen LogP contribution in [0.15, 0.2) is 29.3 Å². The van der Waals surface area contributed by atoms with Gasteiger partial charge >= 0.3 is 6.09 Å². The minimum Gasteiger partial charge on any atom is -0.450 e. The predicted octanol–water partition coefficient (Wildman–Crippen LogP) is 1.85. The molecule has 0 atom stereocenters. The molecule has 2 aliphatic heterocycles. The van der Waals surface area contributed by atoms with E-state index in [0.29, 0.717) is 32.2 Å². The second kappa shape index (κ2) is 11.9. The first-order valence-corrected chi connectivity index (χ1v) is 11.6. The number of rotatable bonds is 7. The molecule has 1 amide bonds. The van der Waals surface area contributed by atoms with E-state index in [1.165, 1.54) is 11.1 Å². The first-order valence-electron chi connectivity index (χ1n) is 11.6. The van der Waals surface area contributed by atoms with Crippen LogP contribution in [0.5, 0.6) is 0 Å². The summed E-state index contributed by atoms with van der Waals surface area (Å²) < 4.78 is 5.07. The third-order valence-corrected chi connectivity index (χ3v) is 6.22. The minimum atomic E-state index is -0.227. The monoisotopic (exact) mass is 430 g/mol. The number of hydrogen-bond acceptors (Lipinski definition) is 5. The number of ether oxygens (including phenoxy) is 1. The highest BCUT2D eigenvalue weighted by atomic mass is 16.6. The lowest BCUT2D eigenvalue weighted by Gasteiger charge is -2.34. The van der Waals surface area contributed by atoms with Gasteiger partial charge in [-0.1, -0.05) is 31.2 Å². The molecule has 0 aliphatic carbocycles. The number of amides is 1. The zero-order valence-corrected chi connectivity index (χ0v) is 19.1. The van der Waals surface area contributed by atoms with Gasteiger partial charge in [0.15, 0.2) is 5.96 Å². The maximum Gasteiger partial charge on any atom is 0.409 e. The van der Waals surface area contributed by atoms with Crippen LogP contribution in [0.3, 0.4) is 0 Å². The van der Waals surface area contributed by atoms with Gasteiger partial charge in [0.05, 0.1) is 13.2 Å². The zero-order valence-electron chi connectivity index (χ0n) is 19.1. The number of carbonyl (C=O) groups excluding carboxylic acids is 1. The molecule has 2 saturated heterocycles. The zero-order chi connectivity index (χ0) is 22.1. The van der Waals surface area contributed by atoms with Crippen molar-refractivity contribution in [2.24, 2.45) is 10.7 Å². The van der Waals surface area contributed by atoms with Gasteiger partial charge in [-0.15, -0.1) is 0 Å². The number of piperidine rings is 1. The molecular formula is C23H38N6O2. The number of carbonyl (C=O) groups is 1. The lowest BCUT2D eigenvalue weighted by Crippen LogP contribution is -2.48. The van der Waals surface area contributed by atoms with Crippen molar-refractivity contribution in [1.29, 1.82) is 0 Å². The van der Waals surface area contributed by atoms with Gasteiger partial charge in [-0.05, 0) is 37.4 Å². The molecule has 8 heteroatoms. The average Bonchev–Trinajstić information content (AvgIpc) is 2.79. The number of nitrogens with two attached hydrogens (primary N) is 1. The van der Waals surface area contributed by atoms with Crippen LogP contribution in [0.4, 0.5) is 4.79 Å². The van der Waals surface area contributed by atoms with Crippen LogP contribution in [0.2, 0.25) is 0 Å². The van der Waals surface area contributed by atoms with Crippen molar-refractivity contribution in [2.75, 3.05) is 52.4 Å². The highest BCUT2D eigenvalue weighted by Gasteiger charge is 2.23. The van der Waals surface area contributed by atoms with E-state index in [1.807, 2.05) is 6.92 Å². The quantitative estimate of drug-likeness (QED) is 0.507. The van der Waals surface area contributed by atoms with Crippen molar-refractivity contribution in [3.63, 3.8) is 0 Å². The molecule has 3 N–H and O–H groups in total. The molecule has 3 rings (SSSR count). The Kier molecular flexibility index (Phi) is 8.97. The van der Waals surface area contributed by atoms with Gasteiger partial charge in [0.2, 0.25) is 0 Å². The summed E-state index contributed by atoms with van der Waals surface area (Å²) in [6.45, 7) is 13.0. The maximum absolute atomic E-state index is 11.8. The molecule has 1 aromatic rings. The van der Waals surface area contributed by atoms with Gasteiger partial charge in [-0.25, -0.2) is 9.79 Å². The minimum absolute atomic E-state index is 0.227. The van der Waals surface area contributed by atoms with Crippen LogP contribution in [0.25, 0.3) is 0 Å². The lowest BCUT2D eigenvalue weighted by atomic mass is 10.1. The molecule has 2 aliphatic rings. The summed E-state index contributed by atoms with van der Waals surface area (Å²) in [5.41, 5.74) is 8.73. The summed E-state index contributed by atoms with van der Waals surface area (Å²) in [6.07, 6.45) is 1.46. The third-order valence-electron chi connectivity index (χ3n) is 6.22. The fourth-order valence-electron chi connectivity index (χ4n) is 4.22. The van der Waals surface area contributed by atoms with E-state index >= 15 is 0 Å². The molecule has 1 aromatic carbocycles. The SMILES string of the molecule is CCOC(=O)N1CCC(NC(N)=NCc2ccccc2CN2CCN(CC)CC2)CC1. The Morgan fingerprint density at radius 1 is 1.06 bits per heavy atom. The molecule has 0 aromatic heterocycles. The Morgan fingerprint density at radius 2 is 1.71 bits per heavy atom. The Hall–Kier alpha value is -2.32. The smallest absolute Gasteiger partial charge is 0.409 e. The third kappa shape index (κ3) is 7.11. The Labute approximate surface area is 186 Å². The number of benzene rings is 1. The van der Waals surface area contributed by atoms with Crippen LogP contribution in [-0.2, 0) is 17.8 Å². The largest absolute Gasteiger partial charge is 0.450 e. The normalized spacial score (nSPS) is 19.4. The van der Waals surface area contributed by atoms with E-state index in [2.05, 4.69) is 51.3 Å². The Bertz CT molecular complexity index is 725. The first kappa shape index (κ1) is 23.3. The molecule has 8 nitrogen and oxygen atoms in total. The van der Waals surface area contributed by atoms with Crippen molar-refractivity contribution in [1.82, 2.24) is 20.0 Å². The number of aliphatic imine (C=N–C) groups is 1. The van der Waals surface area contributed by atoms with E-state index < -0.39 is 0 Å². The molecule has 2 heterocycles. The van der Waals surface area contributed by atoms with Crippen molar-refractivity contribution in [2.45, 2.75) is 45.8 Å². The molecule has 0 bridgehead atoms. The van der Waals surface area contributed by atoms with E-state index in [-0.39, 0.29) is 12.1 Å². The van der Waals surface area contributed by atoms with Gasteiger partial charge in [0.1, 0.15) is 0 Å². The van der Waals surface area contributed by atoms with Crippen LogP contribution in [-0.4, -0.2) is 85.2 Å². The first-order chi connectivity index (χ1) is 15.1. The van der Waals surface area contributed by atoms with Crippen LogP contribution in [0.1, 0.15) is 37.8 Å². The van der Waals surface area contributed by atoms with Gasteiger partial charge < -0.3 is 25.6 Å². The highest BCUT2D eigenvalue weighted by Crippen LogP contribution is 2.15. The Balaban J connectivity index is 1.47. The van der Waals surface area contributed by atoms with E-state index in [0.717, 1.165) is 52.1 Å². The van der Waals surface area contributed by atoms with Gasteiger partial charge in [-0.3, -0.25) is 4.90 Å². The summed E-state index contributed by atoms with van der Waals surface area (Å²) in [6, 6.07) is 8.75. The van der Waals surface area contributed by atoms with Crippen molar-refractivity contribution in [3.8, 4) is 0 Å². The standard InChI is InChI=1S/C23H38N6O2/c1-3-27-13-15-28(16-14-27)18-20-8-6-5-7-19(20)17-25-22(24)26-21-9-11-29(12-10-21)23(30)31-4-2/h5-8,21H,3-4,9-18H2,1-2H3,(H3,24,25,26). The highest BCUT2D eigenvalue weighted by molar-refractivity contribution is 5.78. The number of likely N-dealkylation sites (N-methyl/N-ethyl adjacent to an activating group) is 1. The number of nitrogens with zero attached hydrogens (tertiary/aromatic N) is 4. The van der Waals surface area contributed by atoms with Crippen molar-refractivity contribution < 1.29 is 9.53 Å². The summed E-state index contributed by atoms with van der Waals surface area (Å²) in [4.78, 5) is 23.2. The van der Waals surface area contributed by atoms with Crippen molar-refractivity contribution in [3.05, 3.63) is 35.4 Å². The lowest BCUT2D eigenvalue weighted by molar-refractivity contribution is 0.0963. The van der Waals surface area contributed by atoms with Gasteiger partial charge in [0.25, 0.3) is 0 Å². The summed E-state index contributed by atoms with van der Waals surface area (Å²) in [7, 11) is 0. The van der Waals surface area contributed by atoms with E-state index in [1.54, 1.807) is 4.90 Å². The fourth-order valence-corrected chi connectivity index (χ4v) is 4.22. The van der Waals surface area contributed by atoms with Crippen LogP contribution >= 0.6 is 0 Å². The Morgan fingerprint density at radius 3 is 2.35 bits per heavy atom. The molecule has 0 radical (unpaired) electrons. The van der Waals surface area contributed by atoms with Gasteiger partial charge in [0, 0.05) is 51.9 Å². The number of piperazine rings is 1. The number of nitrogens with one attached hydrogen (secondary N) is 1. The molecule has 2 fully saturated rings. The van der Waals surface area contributed by atoms with Crippen LogP contribution < -0.4 is 11.1 Å². The number of hydrogen-bond donors (Lipinski definition) is 2. The number of likely N-dealkylation sites (tertiary alicyclic amines) is 1. The molecule has 172 valence electrons. The van der Waals surface area contributed by atoms with Gasteiger partial charge in [-0.2, -0.15) is 0 Å². The van der Waals surface area contributed by atoms with Crippen LogP contribution in [0, 0.1) is 0 Å². The van der Waals surface area contributed by atoms with E-state index in [4.69, 9.17) is 10.5 Å². The summed E-state index contributed by atoms with van der Waals surface area (Å²) in [5.74, 6) is 0.473. The van der Waals surface area contributed by atoms with E-state index in [9.17, 15) is 4.79 Å². The molecule has 0 unspecified atom stereocenters. The topological polar surface area (TPSA) is 86.4 Å². The second-order valence-corrected chi connectivity index (χ2v) is 8.29. The predicted molar refractivity (Wildman–Crippen MR) is 124 cm³/mol. The number of guanidine groups is 1. The molecule has 0 spiro atoms. The second-order valence-electron chi connectivity index (χ2n) is 8.29. The molecule has 31 heavy (non-hydrogen) atoms. The summed E-state index contributed by atoms with van der Waals surface area (Å²) >= 11 is 0.